The van der Waals surface area contributed by atoms with E-state index < -0.39 is 0 Å². The number of nitrogens with zero attached hydrogens (tertiary/aromatic N) is 3. The lowest BCUT2D eigenvalue weighted by Gasteiger charge is -2.14. The van der Waals surface area contributed by atoms with Gasteiger partial charge < -0.3 is 4.74 Å². The number of nitrogens with one attached hydrogen (secondary N) is 1. The summed E-state index contributed by atoms with van der Waals surface area (Å²) in [5.41, 5.74) is 3.29. The maximum Gasteiger partial charge on any atom is 0.181 e. The number of aromatic amines is 1. The highest BCUT2D eigenvalue weighted by Gasteiger charge is 2.11. The molecule has 1 aromatic heterocycles. The second-order valence-corrected chi connectivity index (χ2v) is 6.10. The van der Waals surface area contributed by atoms with Gasteiger partial charge in [0.05, 0.1) is 7.11 Å². The third kappa shape index (κ3) is 3.46. The van der Waals surface area contributed by atoms with Gasteiger partial charge in [-0.2, -0.15) is 5.10 Å². The SMILES string of the molecule is COc1ccc(-c2nc(-c3cccc(CN4CC=CC4)c3)n[nH]2)cc1. The van der Waals surface area contributed by atoms with Crippen LogP contribution in [0.2, 0.25) is 0 Å². The molecule has 3 aromatic rings. The largest absolute Gasteiger partial charge is 0.497 e. The van der Waals surface area contributed by atoms with Gasteiger partial charge in [-0.1, -0.05) is 30.4 Å². The van der Waals surface area contributed by atoms with E-state index in [9.17, 15) is 0 Å². The van der Waals surface area contributed by atoms with Crippen LogP contribution in [0.25, 0.3) is 22.8 Å². The van der Waals surface area contributed by atoms with Crippen LogP contribution < -0.4 is 4.74 Å². The zero-order chi connectivity index (χ0) is 17.1. The summed E-state index contributed by atoms with van der Waals surface area (Å²) >= 11 is 0. The normalized spacial score (nSPS) is 14.1. The summed E-state index contributed by atoms with van der Waals surface area (Å²) in [6, 6.07) is 16.2. The van der Waals surface area contributed by atoms with Gasteiger partial charge in [0.1, 0.15) is 5.75 Å². The molecular formula is C20H20N4O. The van der Waals surface area contributed by atoms with Crippen molar-refractivity contribution in [3.63, 3.8) is 0 Å². The Bertz CT molecular complexity index is 875. The topological polar surface area (TPSA) is 54.0 Å². The van der Waals surface area contributed by atoms with Crippen LogP contribution in [-0.4, -0.2) is 40.3 Å². The van der Waals surface area contributed by atoms with Crippen LogP contribution in [0.15, 0.2) is 60.7 Å². The first-order valence-corrected chi connectivity index (χ1v) is 8.35. The molecule has 1 aliphatic heterocycles. The molecule has 0 aliphatic carbocycles. The van der Waals surface area contributed by atoms with E-state index in [4.69, 9.17) is 4.74 Å². The standard InChI is InChI=1S/C20H20N4O/c1-25-18-9-7-16(8-10-18)19-21-20(23-22-19)17-6-4-5-15(13-17)14-24-11-2-3-12-24/h2-10,13H,11-12,14H2,1H3,(H,21,22,23). The molecule has 0 saturated carbocycles. The Balaban J connectivity index is 1.54. The van der Waals surface area contributed by atoms with Crippen molar-refractivity contribution in [2.24, 2.45) is 0 Å². The summed E-state index contributed by atoms with van der Waals surface area (Å²) in [4.78, 5) is 7.03. The highest BCUT2D eigenvalue weighted by Crippen LogP contribution is 2.23. The molecule has 0 saturated heterocycles. The molecule has 126 valence electrons. The van der Waals surface area contributed by atoms with Crippen molar-refractivity contribution in [2.45, 2.75) is 6.54 Å². The lowest BCUT2D eigenvalue weighted by molar-refractivity contribution is 0.345. The monoisotopic (exact) mass is 332 g/mol. The molecule has 4 rings (SSSR count). The number of methoxy groups -OCH3 is 1. The maximum atomic E-state index is 5.19. The molecule has 0 unspecified atom stereocenters. The number of H-pyrrole nitrogens is 1. The van der Waals surface area contributed by atoms with Crippen LogP contribution in [0.5, 0.6) is 5.75 Å². The highest BCUT2D eigenvalue weighted by molar-refractivity contribution is 5.62. The van der Waals surface area contributed by atoms with E-state index in [1.807, 2.05) is 30.3 Å². The Labute approximate surface area is 147 Å². The minimum Gasteiger partial charge on any atom is -0.497 e. The third-order valence-corrected chi connectivity index (χ3v) is 4.33. The first-order chi connectivity index (χ1) is 12.3. The van der Waals surface area contributed by atoms with Crippen LogP contribution in [0.4, 0.5) is 0 Å². The third-order valence-electron chi connectivity index (χ3n) is 4.33. The Morgan fingerprint density at radius 2 is 1.84 bits per heavy atom. The molecule has 2 heterocycles. The number of hydrogen-bond donors (Lipinski definition) is 1. The number of benzene rings is 2. The number of ether oxygens (including phenoxy) is 1. The van der Waals surface area contributed by atoms with Crippen molar-refractivity contribution in [2.75, 3.05) is 20.2 Å². The van der Waals surface area contributed by atoms with Gasteiger partial charge in [0.2, 0.25) is 0 Å². The van der Waals surface area contributed by atoms with Gasteiger partial charge in [0.25, 0.3) is 0 Å². The number of aromatic nitrogens is 3. The average Bonchev–Trinajstić information content (AvgIpc) is 3.34. The molecule has 2 aromatic carbocycles. The summed E-state index contributed by atoms with van der Waals surface area (Å²) in [6.45, 7) is 2.98. The van der Waals surface area contributed by atoms with Crippen LogP contribution in [0.3, 0.4) is 0 Å². The molecule has 1 aliphatic rings. The molecular weight excluding hydrogens is 312 g/mol. The van der Waals surface area contributed by atoms with Crippen LogP contribution in [0.1, 0.15) is 5.56 Å². The van der Waals surface area contributed by atoms with Crippen molar-refractivity contribution >= 4 is 0 Å². The fraction of sp³-hybridized carbons (Fsp3) is 0.200. The van der Waals surface area contributed by atoms with E-state index in [-0.39, 0.29) is 0 Å². The van der Waals surface area contributed by atoms with Crippen molar-refractivity contribution in [3.8, 4) is 28.5 Å². The number of rotatable bonds is 5. The van der Waals surface area contributed by atoms with Gasteiger partial charge in [0.15, 0.2) is 11.6 Å². The fourth-order valence-corrected chi connectivity index (χ4v) is 2.99. The van der Waals surface area contributed by atoms with E-state index in [0.29, 0.717) is 5.82 Å². The van der Waals surface area contributed by atoms with Crippen molar-refractivity contribution in [1.29, 1.82) is 0 Å². The Kier molecular flexibility index (Phi) is 4.31. The molecule has 0 radical (unpaired) electrons. The van der Waals surface area contributed by atoms with Crippen molar-refractivity contribution in [1.82, 2.24) is 20.1 Å². The van der Waals surface area contributed by atoms with E-state index >= 15 is 0 Å². The van der Waals surface area contributed by atoms with E-state index in [1.54, 1.807) is 7.11 Å². The van der Waals surface area contributed by atoms with Gasteiger partial charge in [0, 0.05) is 30.8 Å². The maximum absolute atomic E-state index is 5.19. The Morgan fingerprint density at radius 1 is 1.04 bits per heavy atom. The van der Waals surface area contributed by atoms with Gasteiger partial charge in [-0.05, 0) is 35.9 Å². The molecule has 1 N–H and O–H groups in total. The molecule has 0 spiro atoms. The lowest BCUT2D eigenvalue weighted by Crippen LogP contribution is -2.19. The highest BCUT2D eigenvalue weighted by atomic mass is 16.5. The zero-order valence-electron chi connectivity index (χ0n) is 14.1. The van der Waals surface area contributed by atoms with Crippen LogP contribution >= 0.6 is 0 Å². The average molecular weight is 332 g/mol. The number of hydrogen-bond acceptors (Lipinski definition) is 4. The van der Waals surface area contributed by atoms with Crippen LogP contribution in [-0.2, 0) is 6.54 Å². The van der Waals surface area contributed by atoms with E-state index in [0.717, 1.165) is 42.3 Å². The first kappa shape index (κ1) is 15.6. The van der Waals surface area contributed by atoms with Crippen LogP contribution in [0, 0.1) is 0 Å². The van der Waals surface area contributed by atoms with Gasteiger partial charge in [-0.25, -0.2) is 4.98 Å². The van der Waals surface area contributed by atoms with Gasteiger partial charge in [-0.3, -0.25) is 10.00 Å². The zero-order valence-corrected chi connectivity index (χ0v) is 14.1. The predicted octanol–water partition coefficient (Wildman–Crippen LogP) is 3.52. The summed E-state index contributed by atoms with van der Waals surface area (Å²) < 4.78 is 5.19. The van der Waals surface area contributed by atoms with Gasteiger partial charge in [-0.15, -0.1) is 0 Å². The molecule has 25 heavy (non-hydrogen) atoms. The minimum atomic E-state index is 0.715. The first-order valence-electron chi connectivity index (χ1n) is 8.35. The smallest absolute Gasteiger partial charge is 0.181 e. The molecule has 5 heteroatoms. The second-order valence-electron chi connectivity index (χ2n) is 6.10. The summed E-state index contributed by atoms with van der Waals surface area (Å²) in [7, 11) is 1.66. The molecule has 5 nitrogen and oxygen atoms in total. The predicted molar refractivity (Wildman–Crippen MR) is 98.2 cm³/mol. The second kappa shape index (κ2) is 6.91. The quantitative estimate of drug-likeness (QED) is 0.726. The molecule has 0 bridgehead atoms. The summed E-state index contributed by atoms with van der Waals surface area (Å²) in [6.07, 6.45) is 4.42. The lowest BCUT2D eigenvalue weighted by atomic mass is 10.1. The Hall–Kier alpha value is -2.92. The minimum absolute atomic E-state index is 0.715. The van der Waals surface area contributed by atoms with Gasteiger partial charge >= 0.3 is 0 Å². The van der Waals surface area contributed by atoms with E-state index in [2.05, 4.69) is 50.4 Å². The summed E-state index contributed by atoms with van der Waals surface area (Å²) in [5, 5.41) is 7.41. The molecule has 0 amide bonds. The molecule has 0 atom stereocenters. The van der Waals surface area contributed by atoms with Crippen molar-refractivity contribution in [3.05, 3.63) is 66.2 Å². The fourth-order valence-electron chi connectivity index (χ4n) is 2.99. The molecule has 0 fully saturated rings. The Morgan fingerprint density at radius 3 is 2.60 bits per heavy atom. The summed E-state index contributed by atoms with van der Waals surface area (Å²) in [5.74, 6) is 2.30. The van der Waals surface area contributed by atoms with Crippen molar-refractivity contribution < 1.29 is 4.74 Å². The van der Waals surface area contributed by atoms with E-state index in [1.165, 1.54) is 5.56 Å².